The van der Waals surface area contributed by atoms with E-state index >= 15 is 0 Å². The van der Waals surface area contributed by atoms with E-state index in [1.54, 1.807) is 49.2 Å². The van der Waals surface area contributed by atoms with Crippen LogP contribution < -0.4 is 5.32 Å². The summed E-state index contributed by atoms with van der Waals surface area (Å²) in [6, 6.07) is 4.65. The minimum atomic E-state index is -0.379. The Kier molecular flexibility index (Phi) is 5.35. The molecule has 1 aromatic carbocycles. The second-order valence-corrected chi connectivity index (χ2v) is 6.59. The Bertz CT molecular complexity index is 886. The van der Waals surface area contributed by atoms with Crippen LogP contribution in [0.15, 0.2) is 53.7 Å². The molecule has 2 heterocycles. The minimum absolute atomic E-state index is 0.258. The van der Waals surface area contributed by atoms with Crippen molar-refractivity contribution < 1.29 is 4.79 Å². The molecule has 3 rings (SSSR count). The zero-order chi connectivity index (χ0) is 17.8. The molecule has 1 unspecified atom stereocenters. The average molecular weight is 419 g/mol. The van der Waals surface area contributed by atoms with Crippen LogP contribution in [-0.2, 0) is 0 Å². The SMILES string of the molecule is CC(NC(=O)c1cc(Cl)cc(Br)c1)c1nccnc1-c1cnccn1. The molecule has 0 bridgehead atoms. The predicted molar refractivity (Wildman–Crippen MR) is 98.1 cm³/mol. The molecule has 0 fully saturated rings. The largest absolute Gasteiger partial charge is 0.344 e. The van der Waals surface area contributed by atoms with Gasteiger partial charge in [-0.1, -0.05) is 27.5 Å². The summed E-state index contributed by atoms with van der Waals surface area (Å²) in [6.07, 6.45) is 7.93. The number of amides is 1. The van der Waals surface area contributed by atoms with Crippen molar-refractivity contribution in [1.29, 1.82) is 0 Å². The molecule has 3 aromatic rings. The van der Waals surface area contributed by atoms with Crippen LogP contribution in [-0.4, -0.2) is 25.8 Å². The molecule has 1 amide bonds. The molecule has 0 aliphatic heterocycles. The molecule has 0 aliphatic carbocycles. The fraction of sp³-hybridized carbons (Fsp3) is 0.118. The van der Waals surface area contributed by atoms with Crippen molar-refractivity contribution in [2.75, 3.05) is 0 Å². The van der Waals surface area contributed by atoms with E-state index in [1.165, 1.54) is 0 Å². The van der Waals surface area contributed by atoms with Crippen LogP contribution in [0.1, 0.15) is 29.0 Å². The Hall–Kier alpha value is -2.38. The lowest BCUT2D eigenvalue weighted by molar-refractivity contribution is 0.0939. The summed E-state index contributed by atoms with van der Waals surface area (Å²) in [5.41, 5.74) is 2.24. The number of aromatic nitrogens is 4. The van der Waals surface area contributed by atoms with Gasteiger partial charge >= 0.3 is 0 Å². The fourth-order valence-corrected chi connectivity index (χ4v) is 3.18. The number of carbonyl (C=O) groups is 1. The van der Waals surface area contributed by atoms with E-state index < -0.39 is 0 Å². The molecule has 0 saturated carbocycles. The summed E-state index contributed by atoms with van der Waals surface area (Å²) in [4.78, 5) is 29.5. The van der Waals surface area contributed by atoms with Crippen molar-refractivity contribution in [3.05, 3.63) is 69.9 Å². The topological polar surface area (TPSA) is 80.7 Å². The van der Waals surface area contributed by atoms with Gasteiger partial charge in [0.1, 0.15) is 11.4 Å². The van der Waals surface area contributed by atoms with Gasteiger partial charge in [0.2, 0.25) is 0 Å². The van der Waals surface area contributed by atoms with Crippen LogP contribution in [0.25, 0.3) is 11.4 Å². The number of rotatable bonds is 4. The van der Waals surface area contributed by atoms with E-state index in [9.17, 15) is 4.79 Å². The molecule has 6 nitrogen and oxygen atoms in total. The first-order chi connectivity index (χ1) is 12.0. The first kappa shape index (κ1) is 17.4. The average Bonchev–Trinajstić information content (AvgIpc) is 2.61. The summed E-state index contributed by atoms with van der Waals surface area (Å²) in [7, 11) is 0. The van der Waals surface area contributed by atoms with Gasteiger partial charge in [-0.2, -0.15) is 0 Å². The molecule has 25 heavy (non-hydrogen) atoms. The maximum absolute atomic E-state index is 12.5. The Balaban J connectivity index is 1.87. The van der Waals surface area contributed by atoms with Crippen molar-refractivity contribution in [3.63, 3.8) is 0 Å². The van der Waals surface area contributed by atoms with E-state index in [4.69, 9.17) is 11.6 Å². The first-order valence-electron chi connectivity index (χ1n) is 7.39. The molecule has 0 spiro atoms. The Morgan fingerprint density at radius 2 is 1.88 bits per heavy atom. The molecule has 1 atom stereocenters. The van der Waals surface area contributed by atoms with Gasteiger partial charge in [0.15, 0.2) is 0 Å². The van der Waals surface area contributed by atoms with Gasteiger partial charge in [-0.3, -0.25) is 24.7 Å². The van der Waals surface area contributed by atoms with Crippen LogP contribution in [0.2, 0.25) is 5.02 Å². The van der Waals surface area contributed by atoms with Gasteiger partial charge in [0.05, 0.1) is 17.9 Å². The molecule has 0 aliphatic rings. The van der Waals surface area contributed by atoms with E-state index in [2.05, 4.69) is 41.2 Å². The summed E-state index contributed by atoms with van der Waals surface area (Å²) < 4.78 is 0.734. The van der Waals surface area contributed by atoms with Crippen LogP contribution >= 0.6 is 27.5 Å². The van der Waals surface area contributed by atoms with Crippen molar-refractivity contribution in [2.24, 2.45) is 0 Å². The smallest absolute Gasteiger partial charge is 0.251 e. The second-order valence-electron chi connectivity index (χ2n) is 5.23. The van der Waals surface area contributed by atoms with E-state index in [0.29, 0.717) is 27.7 Å². The molecule has 8 heteroatoms. The van der Waals surface area contributed by atoms with Crippen molar-refractivity contribution in [1.82, 2.24) is 25.3 Å². The number of nitrogens with one attached hydrogen (secondary N) is 1. The monoisotopic (exact) mass is 417 g/mol. The summed E-state index contributed by atoms with van der Waals surface area (Å²) in [6.45, 7) is 1.83. The van der Waals surface area contributed by atoms with E-state index in [1.807, 2.05) is 6.92 Å². The minimum Gasteiger partial charge on any atom is -0.344 e. The third kappa shape index (κ3) is 4.18. The van der Waals surface area contributed by atoms with Crippen LogP contribution in [0.3, 0.4) is 0 Å². The number of hydrogen-bond acceptors (Lipinski definition) is 5. The molecule has 1 N–H and O–H groups in total. The molecule has 126 valence electrons. The lowest BCUT2D eigenvalue weighted by Crippen LogP contribution is -2.28. The zero-order valence-electron chi connectivity index (χ0n) is 13.1. The van der Waals surface area contributed by atoms with Gasteiger partial charge in [0, 0.05) is 39.8 Å². The summed E-state index contributed by atoms with van der Waals surface area (Å²) in [5.74, 6) is -0.258. The molecular weight excluding hydrogens is 406 g/mol. The van der Waals surface area contributed by atoms with Gasteiger partial charge in [-0.15, -0.1) is 0 Å². The highest BCUT2D eigenvalue weighted by molar-refractivity contribution is 9.10. The maximum atomic E-state index is 12.5. The fourth-order valence-electron chi connectivity index (χ4n) is 2.32. The van der Waals surface area contributed by atoms with Gasteiger partial charge in [-0.25, -0.2) is 0 Å². The molecule has 0 saturated heterocycles. The highest BCUT2D eigenvalue weighted by Gasteiger charge is 2.18. The number of nitrogens with zero attached hydrogens (tertiary/aromatic N) is 4. The normalized spacial score (nSPS) is 11.8. The Morgan fingerprint density at radius 3 is 2.60 bits per heavy atom. The van der Waals surface area contributed by atoms with Crippen molar-refractivity contribution in [2.45, 2.75) is 13.0 Å². The third-order valence-corrected chi connectivity index (χ3v) is 4.09. The molecule has 0 radical (unpaired) electrons. The van der Waals surface area contributed by atoms with E-state index in [-0.39, 0.29) is 11.9 Å². The summed E-state index contributed by atoms with van der Waals surface area (Å²) >= 11 is 9.34. The molecule has 2 aromatic heterocycles. The lowest BCUT2D eigenvalue weighted by Gasteiger charge is -2.16. The predicted octanol–water partition coefficient (Wildman–Crippen LogP) is 3.84. The zero-order valence-corrected chi connectivity index (χ0v) is 15.5. The number of carbonyl (C=O) groups excluding carboxylic acids is 1. The maximum Gasteiger partial charge on any atom is 0.251 e. The third-order valence-electron chi connectivity index (χ3n) is 3.41. The highest BCUT2D eigenvalue weighted by atomic mass is 79.9. The molecular formula is C17H13BrClN5O. The number of hydrogen-bond donors (Lipinski definition) is 1. The lowest BCUT2D eigenvalue weighted by atomic mass is 10.1. The van der Waals surface area contributed by atoms with Crippen LogP contribution in [0.5, 0.6) is 0 Å². The quantitative estimate of drug-likeness (QED) is 0.696. The second kappa shape index (κ2) is 7.67. The summed E-state index contributed by atoms with van der Waals surface area (Å²) in [5, 5.41) is 3.39. The van der Waals surface area contributed by atoms with Gasteiger partial charge < -0.3 is 5.32 Å². The number of halogens is 2. The van der Waals surface area contributed by atoms with Gasteiger partial charge in [0.25, 0.3) is 5.91 Å². The highest BCUT2D eigenvalue weighted by Crippen LogP contribution is 2.23. The number of benzene rings is 1. The Morgan fingerprint density at radius 1 is 1.12 bits per heavy atom. The van der Waals surface area contributed by atoms with Gasteiger partial charge in [-0.05, 0) is 25.1 Å². The van der Waals surface area contributed by atoms with Crippen LogP contribution in [0.4, 0.5) is 0 Å². The van der Waals surface area contributed by atoms with Crippen molar-refractivity contribution >= 4 is 33.4 Å². The van der Waals surface area contributed by atoms with Crippen LogP contribution in [0, 0.1) is 0 Å². The van der Waals surface area contributed by atoms with E-state index in [0.717, 1.165) is 4.47 Å². The standard InChI is InChI=1S/C17H13BrClN5O/c1-10(24-17(25)11-6-12(18)8-13(19)7-11)15-16(23-5-4-22-15)14-9-20-2-3-21-14/h2-10H,1H3,(H,24,25). The van der Waals surface area contributed by atoms with Crippen molar-refractivity contribution in [3.8, 4) is 11.4 Å². The first-order valence-corrected chi connectivity index (χ1v) is 8.56. The Labute approximate surface area is 157 Å².